The predicted octanol–water partition coefficient (Wildman–Crippen LogP) is 0.934. The molecule has 114 valence electrons. The van der Waals surface area contributed by atoms with Crippen LogP contribution >= 0.6 is 0 Å². The van der Waals surface area contributed by atoms with Crippen LogP contribution in [0.1, 0.15) is 12.0 Å². The van der Waals surface area contributed by atoms with Crippen molar-refractivity contribution < 1.29 is 9.84 Å². The van der Waals surface area contributed by atoms with Gasteiger partial charge in [-0.15, -0.1) is 0 Å². The largest absolute Gasteiger partial charge is 0.491 e. The van der Waals surface area contributed by atoms with Crippen LogP contribution in [0.15, 0.2) is 24.3 Å². The molecule has 1 aromatic rings. The van der Waals surface area contributed by atoms with Crippen LogP contribution in [0, 0.1) is 11.3 Å². The number of aliphatic hydroxyl groups is 1. The number of nitrogens with zero attached hydrogens (tertiary/aromatic N) is 3. The number of rotatable bonds is 6. The van der Waals surface area contributed by atoms with E-state index in [1.54, 1.807) is 6.07 Å². The second kappa shape index (κ2) is 7.41. The smallest absolute Gasteiger partial charge is 0.137 e. The lowest BCUT2D eigenvalue weighted by molar-refractivity contribution is 0.155. The van der Waals surface area contributed by atoms with E-state index < -0.39 is 0 Å². The Hall–Kier alpha value is -1.61. The molecular weight excluding hydrogens is 266 g/mol. The van der Waals surface area contributed by atoms with Crippen molar-refractivity contribution in [2.24, 2.45) is 0 Å². The Kier molecular flexibility index (Phi) is 5.57. The lowest BCUT2D eigenvalue weighted by atomic mass is 10.2. The molecule has 1 aliphatic rings. The number of hydrogen-bond donors (Lipinski definition) is 1. The van der Waals surface area contributed by atoms with Gasteiger partial charge in [0.05, 0.1) is 11.7 Å². The van der Waals surface area contributed by atoms with Crippen LogP contribution in [0.5, 0.6) is 5.75 Å². The summed E-state index contributed by atoms with van der Waals surface area (Å²) in [5.41, 5.74) is 0.559. The van der Waals surface area contributed by atoms with Crippen LogP contribution < -0.4 is 4.74 Å². The molecule has 2 rings (SSSR count). The van der Waals surface area contributed by atoms with Gasteiger partial charge in [-0.2, -0.15) is 5.26 Å². The number of β-amino-alcohol motifs (C(OH)–C–C–N with tert-alkyl or cyclic N) is 1. The molecule has 5 heteroatoms. The number of likely N-dealkylation sites (N-methyl/N-ethyl adjacent to an activating group) is 1. The van der Waals surface area contributed by atoms with Gasteiger partial charge in [-0.1, -0.05) is 12.1 Å². The Morgan fingerprint density at radius 3 is 2.90 bits per heavy atom. The second-order valence-electron chi connectivity index (χ2n) is 5.76. The maximum absolute atomic E-state index is 9.84. The maximum Gasteiger partial charge on any atom is 0.137 e. The van der Waals surface area contributed by atoms with Crippen molar-refractivity contribution in [1.82, 2.24) is 9.80 Å². The van der Waals surface area contributed by atoms with Gasteiger partial charge in [0.15, 0.2) is 0 Å². The number of benzene rings is 1. The normalized spacial score (nSPS) is 22.4. The predicted molar refractivity (Wildman–Crippen MR) is 81.2 cm³/mol. The Morgan fingerprint density at radius 2 is 2.19 bits per heavy atom. The van der Waals surface area contributed by atoms with Crippen LogP contribution in [0.25, 0.3) is 0 Å². The fourth-order valence-corrected chi connectivity index (χ4v) is 2.80. The van der Waals surface area contributed by atoms with E-state index in [4.69, 9.17) is 10.00 Å². The topological polar surface area (TPSA) is 59.7 Å². The first-order chi connectivity index (χ1) is 10.1. The quantitative estimate of drug-likeness (QED) is 0.844. The molecule has 1 aliphatic heterocycles. The van der Waals surface area contributed by atoms with Crippen LogP contribution in [0.3, 0.4) is 0 Å². The first-order valence-corrected chi connectivity index (χ1v) is 7.29. The molecule has 1 heterocycles. The molecule has 2 atom stereocenters. The third kappa shape index (κ3) is 4.43. The van der Waals surface area contributed by atoms with E-state index in [0.29, 0.717) is 30.5 Å². The molecule has 1 fully saturated rings. The third-order valence-electron chi connectivity index (χ3n) is 3.73. The number of ether oxygens (including phenoxy) is 1. The molecule has 0 bridgehead atoms. The van der Waals surface area contributed by atoms with E-state index >= 15 is 0 Å². The number of aliphatic hydroxyl groups excluding tert-OH is 1. The molecule has 0 amide bonds. The van der Waals surface area contributed by atoms with Crippen molar-refractivity contribution >= 4 is 0 Å². The number of para-hydroxylation sites is 1. The Morgan fingerprint density at radius 1 is 1.43 bits per heavy atom. The summed E-state index contributed by atoms with van der Waals surface area (Å²) in [4.78, 5) is 4.40. The second-order valence-corrected chi connectivity index (χ2v) is 5.76. The van der Waals surface area contributed by atoms with Gasteiger partial charge < -0.3 is 14.7 Å². The average molecular weight is 289 g/mol. The van der Waals surface area contributed by atoms with E-state index in [9.17, 15) is 5.11 Å². The van der Waals surface area contributed by atoms with Crippen LogP contribution in [-0.2, 0) is 0 Å². The van der Waals surface area contributed by atoms with Gasteiger partial charge in [0.2, 0.25) is 0 Å². The Balaban J connectivity index is 1.86. The molecule has 1 N–H and O–H groups in total. The zero-order valence-corrected chi connectivity index (χ0v) is 12.7. The summed E-state index contributed by atoms with van der Waals surface area (Å²) in [5, 5.41) is 18.9. The number of nitriles is 1. The zero-order valence-electron chi connectivity index (χ0n) is 12.7. The fourth-order valence-electron chi connectivity index (χ4n) is 2.80. The van der Waals surface area contributed by atoms with Crippen molar-refractivity contribution in [1.29, 1.82) is 5.26 Å². The van der Waals surface area contributed by atoms with Crippen molar-refractivity contribution in [3.05, 3.63) is 29.8 Å². The third-order valence-corrected chi connectivity index (χ3v) is 3.73. The summed E-state index contributed by atoms with van der Waals surface area (Å²) in [6.45, 7) is 2.91. The van der Waals surface area contributed by atoms with Gasteiger partial charge in [-0.25, -0.2) is 0 Å². The minimum absolute atomic E-state index is 0.249. The highest BCUT2D eigenvalue weighted by atomic mass is 16.5. The van der Waals surface area contributed by atoms with Crippen molar-refractivity contribution in [3.63, 3.8) is 0 Å². The van der Waals surface area contributed by atoms with Crippen LogP contribution in [0.4, 0.5) is 0 Å². The van der Waals surface area contributed by atoms with Gasteiger partial charge in [0.1, 0.15) is 18.4 Å². The van der Waals surface area contributed by atoms with Gasteiger partial charge in [0.25, 0.3) is 0 Å². The van der Waals surface area contributed by atoms with Crippen molar-refractivity contribution in [2.45, 2.75) is 18.6 Å². The lowest BCUT2D eigenvalue weighted by Gasteiger charge is -2.26. The maximum atomic E-state index is 9.84. The molecule has 1 aromatic carbocycles. The van der Waals surface area contributed by atoms with E-state index in [2.05, 4.69) is 15.9 Å². The minimum Gasteiger partial charge on any atom is -0.491 e. The van der Waals surface area contributed by atoms with Crippen molar-refractivity contribution in [3.8, 4) is 11.8 Å². The van der Waals surface area contributed by atoms with E-state index in [1.807, 2.05) is 32.3 Å². The average Bonchev–Trinajstić information content (AvgIpc) is 2.78. The van der Waals surface area contributed by atoms with Crippen molar-refractivity contribution in [2.75, 3.05) is 40.3 Å². The lowest BCUT2D eigenvalue weighted by Crippen LogP contribution is -2.39. The number of hydrogen-bond acceptors (Lipinski definition) is 5. The monoisotopic (exact) mass is 289 g/mol. The molecule has 0 aliphatic carbocycles. The van der Waals surface area contributed by atoms with E-state index in [0.717, 1.165) is 19.5 Å². The van der Waals surface area contributed by atoms with Gasteiger partial charge in [-0.3, -0.25) is 4.90 Å². The summed E-state index contributed by atoms with van der Waals surface area (Å²) in [5.74, 6) is 0.629. The highest BCUT2D eigenvalue weighted by molar-refractivity contribution is 5.42. The van der Waals surface area contributed by atoms with Gasteiger partial charge in [-0.05, 0) is 32.6 Å². The molecule has 0 radical (unpaired) electrons. The molecule has 21 heavy (non-hydrogen) atoms. The van der Waals surface area contributed by atoms with Crippen LogP contribution in [0.2, 0.25) is 0 Å². The summed E-state index contributed by atoms with van der Waals surface area (Å²) >= 11 is 0. The highest BCUT2D eigenvalue weighted by Crippen LogP contribution is 2.19. The van der Waals surface area contributed by atoms with Crippen LogP contribution in [-0.4, -0.2) is 67.4 Å². The first kappa shape index (κ1) is 15.8. The summed E-state index contributed by atoms with van der Waals surface area (Å²) in [7, 11) is 4.09. The van der Waals surface area contributed by atoms with E-state index in [1.165, 1.54) is 0 Å². The summed E-state index contributed by atoms with van der Waals surface area (Å²) < 4.78 is 5.72. The standard InChI is InChI=1S/C16H23N3O2/c1-18(2)11-14-9-15(20)12-19(14)7-8-21-16-6-4-3-5-13(16)10-17/h3-6,14-15,20H,7-9,11-12H2,1-2H3. The Bertz CT molecular complexity index is 499. The number of likely N-dealkylation sites (tertiary alicyclic amines) is 1. The molecular formula is C16H23N3O2. The zero-order chi connectivity index (χ0) is 15.2. The summed E-state index contributed by atoms with van der Waals surface area (Å²) in [6.07, 6.45) is 0.564. The fraction of sp³-hybridized carbons (Fsp3) is 0.562. The molecule has 0 saturated carbocycles. The molecule has 2 unspecified atom stereocenters. The minimum atomic E-state index is -0.249. The first-order valence-electron chi connectivity index (χ1n) is 7.29. The highest BCUT2D eigenvalue weighted by Gasteiger charge is 2.30. The SMILES string of the molecule is CN(C)CC1CC(O)CN1CCOc1ccccc1C#N. The molecule has 0 spiro atoms. The van der Waals surface area contributed by atoms with E-state index in [-0.39, 0.29) is 6.10 Å². The van der Waals surface area contributed by atoms with Gasteiger partial charge in [0, 0.05) is 25.7 Å². The molecule has 5 nitrogen and oxygen atoms in total. The van der Waals surface area contributed by atoms with Gasteiger partial charge >= 0.3 is 0 Å². The molecule has 1 saturated heterocycles. The molecule has 0 aromatic heterocycles. The Labute approximate surface area is 126 Å². The summed E-state index contributed by atoms with van der Waals surface area (Å²) in [6, 6.07) is 9.76.